The molecule has 3 heteroatoms. The average Bonchev–Trinajstić information content (AvgIpc) is 3.60. The Bertz CT molecular complexity index is 2980. The molecule has 0 bridgehead atoms. The lowest BCUT2D eigenvalue weighted by Gasteiger charge is -2.36. The van der Waals surface area contributed by atoms with Crippen molar-refractivity contribution in [3.8, 4) is 89.8 Å². The Kier molecular flexibility index (Phi) is 9.08. The molecule has 0 amide bonds. The second-order valence-electron chi connectivity index (χ2n) is 16.3. The monoisotopic (exact) mass is 769 g/mol. The molecule has 1 aromatic heterocycles. The van der Waals surface area contributed by atoms with Crippen LogP contribution in [0.15, 0.2) is 200 Å². The van der Waals surface area contributed by atoms with Crippen molar-refractivity contribution in [2.45, 2.75) is 37.5 Å². The van der Waals surface area contributed by atoms with Crippen LogP contribution < -0.4 is 0 Å². The van der Waals surface area contributed by atoms with Gasteiger partial charge in [-0.05, 0) is 97.8 Å². The van der Waals surface area contributed by atoms with Gasteiger partial charge < -0.3 is 0 Å². The van der Waals surface area contributed by atoms with Gasteiger partial charge in [-0.3, -0.25) is 0 Å². The number of aromatic nitrogens is 3. The minimum atomic E-state index is 0.160. The number of hydrogen-bond donors (Lipinski definition) is 0. The van der Waals surface area contributed by atoms with Crippen LogP contribution in [0.2, 0.25) is 0 Å². The molecule has 1 saturated carbocycles. The second kappa shape index (κ2) is 15.2. The molecule has 1 fully saturated rings. The molecule has 0 unspecified atom stereocenters. The Morgan fingerprint density at radius 2 is 0.650 bits per heavy atom. The van der Waals surface area contributed by atoms with E-state index >= 15 is 0 Å². The van der Waals surface area contributed by atoms with Crippen LogP contribution >= 0.6 is 0 Å². The van der Waals surface area contributed by atoms with Gasteiger partial charge in [0.15, 0.2) is 17.5 Å². The van der Waals surface area contributed by atoms with Gasteiger partial charge in [0, 0.05) is 22.1 Å². The van der Waals surface area contributed by atoms with E-state index in [-0.39, 0.29) is 5.41 Å². The first kappa shape index (κ1) is 35.9. The summed E-state index contributed by atoms with van der Waals surface area (Å²) >= 11 is 0. The number of nitrogens with zero attached hydrogens (tertiary/aromatic N) is 3. The van der Waals surface area contributed by atoms with E-state index in [4.69, 9.17) is 15.0 Å². The van der Waals surface area contributed by atoms with Gasteiger partial charge in [0.1, 0.15) is 0 Å². The molecular weight excluding hydrogens is 727 g/mol. The summed E-state index contributed by atoms with van der Waals surface area (Å²) in [5.74, 6) is 1.94. The van der Waals surface area contributed by atoms with Gasteiger partial charge in [-0.15, -0.1) is 0 Å². The van der Waals surface area contributed by atoms with E-state index in [1.165, 1.54) is 71.0 Å². The molecule has 1 heterocycles. The number of rotatable bonds is 7. The van der Waals surface area contributed by atoms with E-state index in [0.717, 1.165) is 38.9 Å². The summed E-state index contributed by atoms with van der Waals surface area (Å²) in [5.41, 5.74) is 18.5. The summed E-state index contributed by atoms with van der Waals surface area (Å²) in [6.07, 6.45) is 6.44. The lowest BCUT2D eigenvalue weighted by Crippen LogP contribution is -2.28. The van der Waals surface area contributed by atoms with Gasteiger partial charge in [0.05, 0.1) is 0 Å². The van der Waals surface area contributed by atoms with Crippen LogP contribution in [0.5, 0.6) is 0 Å². The highest BCUT2D eigenvalue weighted by molar-refractivity contribution is 5.85. The Balaban J connectivity index is 0.875. The highest BCUT2D eigenvalue weighted by atomic mass is 15.0. The quantitative estimate of drug-likeness (QED) is 0.162. The van der Waals surface area contributed by atoms with Gasteiger partial charge in [0.2, 0.25) is 0 Å². The Morgan fingerprint density at radius 1 is 0.267 bits per heavy atom. The number of fused-ring (bicyclic) bond motifs is 5. The molecule has 0 radical (unpaired) electrons. The molecule has 1 spiro atoms. The third-order valence-corrected chi connectivity index (χ3v) is 12.8. The molecule has 0 atom stereocenters. The molecule has 2 aliphatic carbocycles. The molecule has 8 aromatic carbocycles. The summed E-state index contributed by atoms with van der Waals surface area (Å²) in [4.78, 5) is 15.0. The summed E-state index contributed by atoms with van der Waals surface area (Å²) in [5, 5.41) is 0. The molecule has 0 N–H and O–H groups in total. The van der Waals surface area contributed by atoms with E-state index in [1.807, 2.05) is 36.4 Å². The van der Waals surface area contributed by atoms with E-state index in [0.29, 0.717) is 17.5 Å². The van der Waals surface area contributed by atoms with Crippen LogP contribution in [0.1, 0.15) is 43.2 Å². The van der Waals surface area contributed by atoms with Gasteiger partial charge in [0.25, 0.3) is 0 Å². The smallest absolute Gasteiger partial charge is 0.164 e. The maximum absolute atomic E-state index is 5.05. The molecule has 60 heavy (non-hydrogen) atoms. The second-order valence-corrected chi connectivity index (χ2v) is 16.3. The number of benzene rings is 8. The summed E-state index contributed by atoms with van der Waals surface area (Å²) in [6.45, 7) is 0. The largest absolute Gasteiger partial charge is 0.208 e. The fraction of sp³-hybridized carbons (Fsp3) is 0.105. The SMILES string of the molecule is c1ccc(-c2cccc(-c3nc(-c4ccccc4)nc(-c4ccc(-c5cccc(-c6ccc(-c7ccc8c(c7)C7(CCCCC7)c7ccccc7-8)cc6)c5)cc4)n3)c2)cc1. The molecule has 11 rings (SSSR count). The molecule has 286 valence electrons. The summed E-state index contributed by atoms with van der Waals surface area (Å²) in [6, 6.07) is 71.9. The third-order valence-electron chi connectivity index (χ3n) is 12.8. The van der Waals surface area contributed by atoms with Crippen LogP contribution in [0.25, 0.3) is 89.8 Å². The Labute approximate surface area is 352 Å². The third kappa shape index (κ3) is 6.53. The molecule has 2 aliphatic rings. The normalized spacial score (nSPS) is 13.8. The van der Waals surface area contributed by atoms with Gasteiger partial charge in [-0.25, -0.2) is 15.0 Å². The zero-order valence-corrected chi connectivity index (χ0v) is 33.4. The zero-order chi connectivity index (χ0) is 39.9. The first-order chi connectivity index (χ1) is 29.7. The predicted octanol–water partition coefficient (Wildman–Crippen LogP) is 14.8. The maximum atomic E-state index is 5.05. The zero-order valence-electron chi connectivity index (χ0n) is 33.4. The fourth-order valence-corrected chi connectivity index (χ4v) is 9.69. The molecule has 0 aliphatic heterocycles. The summed E-state index contributed by atoms with van der Waals surface area (Å²) < 4.78 is 0. The molecule has 9 aromatic rings. The fourth-order valence-electron chi connectivity index (χ4n) is 9.69. The minimum absolute atomic E-state index is 0.160. The lowest BCUT2D eigenvalue weighted by atomic mass is 9.67. The van der Waals surface area contributed by atoms with E-state index < -0.39 is 0 Å². The topological polar surface area (TPSA) is 38.7 Å². The highest BCUT2D eigenvalue weighted by Gasteiger charge is 2.43. The average molecular weight is 770 g/mol. The number of hydrogen-bond acceptors (Lipinski definition) is 3. The first-order valence-electron chi connectivity index (χ1n) is 21.2. The maximum Gasteiger partial charge on any atom is 0.164 e. The van der Waals surface area contributed by atoms with Crippen molar-refractivity contribution in [2.75, 3.05) is 0 Å². The predicted molar refractivity (Wildman–Crippen MR) is 247 cm³/mol. The van der Waals surface area contributed by atoms with E-state index in [1.54, 1.807) is 5.56 Å². The van der Waals surface area contributed by atoms with Crippen molar-refractivity contribution in [3.05, 3.63) is 211 Å². The molecule has 0 saturated heterocycles. The van der Waals surface area contributed by atoms with Crippen LogP contribution in [0, 0.1) is 0 Å². The van der Waals surface area contributed by atoms with Crippen molar-refractivity contribution in [2.24, 2.45) is 0 Å². The van der Waals surface area contributed by atoms with Gasteiger partial charge in [-0.2, -0.15) is 0 Å². The van der Waals surface area contributed by atoms with E-state index in [2.05, 4.69) is 164 Å². The van der Waals surface area contributed by atoms with E-state index in [9.17, 15) is 0 Å². The first-order valence-corrected chi connectivity index (χ1v) is 21.2. The van der Waals surface area contributed by atoms with Crippen molar-refractivity contribution < 1.29 is 0 Å². The van der Waals surface area contributed by atoms with Crippen molar-refractivity contribution in [3.63, 3.8) is 0 Å². The van der Waals surface area contributed by atoms with Crippen LogP contribution in [-0.2, 0) is 5.41 Å². The highest BCUT2D eigenvalue weighted by Crippen LogP contribution is 2.56. The van der Waals surface area contributed by atoms with Crippen molar-refractivity contribution >= 4 is 0 Å². The van der Waals surface area contributed by atoms with Crippen LogP contribution in [0.3, 0.4) is 0 Å². The van der Waals surface area contributed by atoms with Crippen molar-refractivity contribution in [1.29, 1.82) is 0 Å². The van der Waals surface area contributed by atoms with Crippen LogP contribution in [-0.4, -0.2) is 15.0 Å². The molecule has 3 nitrogen and oxygen atoms in total. The molecular formula is C57H43N3. The lowest BCUT2D eigenvalue weighted by molar-refractivity contribution is 0.353. The Hall–Kier alpha value is -7.23. The minimum Gasteiger partial charge on any atom is -0.208 e. The summed E-state index contributed by atoms with van der Waals surface area (Å²) in [7, 11) is 0. The standard InChI is InChI=1S/C57H43N3/c1-4-14-39(15-5-1)47-20-13-21-49(37-47)56-59-54(43-16-6-2-7-17-43)58-55(60-56)44-30-28-41(29-31-44)46-19-12-18-45(36-46)40-24-26-42(27-25-40)48-32-33-51-50-22-8-9-23-52(50)57(53(51)38-48)34-10-3-11-35-57/h1-2,4-9,12-33,36-38H,3,10-11,34-35H2. The van der Waals surface area contributed by atoms with Crippen molar-refractivity contribution in [1.82, 2.24) is 15.0 Å². The van der Waals surface area contributed by atoms with Gasteiger partial charge >= 0.3 is 0 Å². The van der Waals surface area contributed by atoms with Crippen LogP contribution in [0.4, 0.5) is 0 Å². The Morgan fingerprint density at radius 3 is 1.25 bits per heavy atom. The van der Waals surface area contributed by atoms with Gasteiger partial charge in [-0.1, -0.05) is 201 Å².